The molecule has 0 atom stereocenters. The van der Waals surface area contributed by atoms with Crippen LogP contribution in [0.3, 0.4) is 0 Å². The van der Waals surface area contributed by atoms with E-state index in [0.717, 1.165) is 35.6 Å². The van der Waals surface area contributed by atoms with E-state index in [4.69, 9.17) is 9.47 Å². The average Bonchev–Trinajstić information content (AvgIpc) is 2.86. The Bertz CT molecular complexity index is 1060. The van der Waals surface area contributed by atoms with Crippen LogP contribution in [0, 0.1) is 17.4 Å². The van der Waals surface area contributed by atoms with Gasteiger partial charge >= 0.3 is 0 Å². The van der Waals surface area contributed by atoms with Crippen LogP contribution in [0.15, 0.2) is 83.2 Å². The third-order valence-electron chi connectivity index (χ3n) is 5.45. The van der Waals surface area contributed by atoms with E-state index in [9.17, 15) is 10.1 Å². The zero-order valence-electron chi connectivity index (χ0n) is 20.3. The van der Waals surface area contributed by atoms with Gasteiger partial charge in [0.05, 0.1) is 12.8 Å². The Morgan fingerprint density at radius 1 is 1.35 bits per heavy atom. The van der Waals surface area contributed by atoms with E-state index in [0.29, 0.717) is 26.2 Å². The Balaban J connectivity index is 2.33. The lowest BCUT2D eigenvalue weighted by Crippen LogP contribution is -2.36. The van der Waals surface area contributed by atoms with Gasteiger partial charge in [-0.3, -0.25) is 14.7 Å². The van der Waals surface area contributed by atoms with Crippen molar-refractivity contribution < 1.29 is 9.47 Å². The van der Waals surface area contributed by atoms with Gasteiger partial charge < -0.3 is 14.0 Å². The van der Waals surface area contributed by atoms with Gasteiger partial charge in [-0.1, -0.05) is 43.9 Å². The standard InChI is InChI=1S/C27H34N4O3/c1-5-7-8-9-17-34-25(6-2)24(23-12-13-26(32)30(4)20-23)11-10-16-31(21-28)27(29-3)22-14-18-33-19-15-22/h5,7-13,17,20,22H,1,6,14-16,18-19H2,2-4H3/b8-7-,11-10-,17-9+,25-24-,29-27?. The van der Waals surface area contributed by atoms with Crippen molar-refractivity contribution in [3.8, 4) is 6.19 Å². The first-order valence-electron chi connectivity index (χ1n) is 11.4. The molecule has 1 saturated heterocycles. The zero-order valence-corrected chi connectivity index (χ0v) is 20.3. The monoisotopic (exact) mass is 462 g/mol. The summed E-state index contributed by atoms with van der Waals surface area (Å²) in [7, 11) is 3.44. The Hall–Kier alpha value is -3.63. The maximum atomic E-state index is 11.9. The van der Waals surface area contributed by atoms with E-state index in [1.807, 2.05) is 31.2 Å². The van der Waals surface area contributed by atoms with Crippen molar-refractivity contribution in [3.63, 3.8) is 0 Å². The number of hydrogen-bond acceptors (Lipinski definition) is 5. The minimum atomic E-state index is -0.0866. The van der Waals surface area contributed by atoms with Crippen LogP contribution >= 0.6 is 0 Å². The van der Waals surface area contributed by atoms with Crippen molar-refractivity contribution in [3.05, 3.63) is 89.3 Å². The van der Waals surface area contributed by atoms with Crippen molar-refractivity contribution in [1.82, 2.24) is 9.47 Å². The lowest BCUT2D eigenvalue weighted by atomic mass is 9.98. The predicted molar refractivity (Wildman–Crippen MR) is 137 cm³/mol. The molecule has 34 heavy (non-hydrogen) atoms. The average molecular weight is 463 g/mol. The molecule has 2 rings (SSSR count). The second kappa shape index (κ2) is 14.5. The van der Waals surface area contributed by atoms with E-state index in [1.165, 1.54) is 10.6 Å². The summed E-state index contributed by atoms with van der Waals surface area (Å²) in [4.78, 5) is 17.9. The van der Waals surface area contributed by atoms with Crippen molar-refractivity contribution in [2.24, 2.45) is 18.0 Å². The van der Waals surface area contributed by atoms with Gasteiger partial charge in [-0.15, -0.1) is 0 Å². The minimum Gasteiger partial charge on any atom is -0.469 e. The number of pyridine rings is 1. The molecule has 0 amide bonds. The number of rotatable bonds is 10. The van der Waals surface area contributed by atoms with Crippen LogP contribution < -0.4 is 5.56 Å². The molecule has 2 heterocycles. The fourth-order valence-corrected chi connectivity index (χ4v) is 3.69. The molecule has 0 saturated carbocycles. The predicted octanol–water partition coefficient (Wildman–Crippen LogP) is 4.57. The number of aryl methyl sites for hydroxylation is 1. The molecular weight excluding hydrogens is 428 g/mol. The summed E-state index contributed by atoms with van der Waals surface area (Å²) in [6, 6.07) is 3.32. The first-order chi connectivity index (χ1) is 16.5. The highest BCUT2D eigenvalue weighted by atomic mass is 16.5. The lowest BCUT2D eigenvalue weighted by Gasteiger charge is -2.27. The molecule has 0 spiro atoms. The molecule has 1 fully saturated rings. The number of nitriles is 1. The van der Waals surface area contributed by atoms with Gasteiger partial charge in [0.2, 0.25) is 5.56 Å². The molecular formula is C27H34N4O3. The Morgan fingerprint density at radius 2 is 2.12 bits per heavy atom. The van der Waals surface area contributed by atoms with Gasteiger partial charge in [0.25, 0.3) is 0 Å². The Labute approximate surface area is 202 Å². The summed E-state index contributed by atoms with van der Waals surface area (Å²) in [6.45, 7) is 7.40. The first kappa shape index (κ1) is 26.6. The lowest BCUT2D eigenvalue weighted by molar-refractivity contribution is 0.0807. The third-order valence-corrected chi connectivity index (χ3v) is 5.45. The van der Waals surface area contributed by atoms with Gasteiger partial charge in [0, 0.05) is 63.0 Å². The van der Waals surface area contributed by atoms with Gasteiger partial charge in [0.1, 0.15) is 11.6 Å². The first-order valence-corrected chi connectivity index (χ1v) is 11.4. The van der Waals surface area contributed by atoms with Crippen LogP contribution in [0.1, 0.15) is 31.7 Å². The van der Waals surface area contributed by atoms with Crippen molar-refractivity contribution >= 4 is 11.4 Å². The number of hydrogen-bond donors (Lipinski definition) is 0. The van der Waals surface area contributed by atoms with Crippen LogP contribution in [0.25, 0.3) is 5.57 Å². The summed E-state index contributed by atoms with van der Waals surface area (Å²) in [5.74, 6) is 1.75. The SMILES string of the molecule is C=C/C=C\C=C\O/C(CC)=C(/C=C\CN(C#N)C(=NC)C1CCOCC1)c1ccc(=O)n(C)c1. The fraction of sp³-hybridized carbons (Fsp3) is 0.370. The summed E-state index contributed by atoms with van der Waals surface area (Å²) in [5.41, 5.74) is 1.60. The molecule has 1 aromatic rings. The molecule has 7 nitrogen and oxygen atoms in total. The maximum Gasteiger partial charge on any atom is 0.250 e. The highest BCUT2D eigenvalue weighted by Gasteiger charge is 2.23. The van der Waals surface area contributed by atoms with Crippen LogP contribution in [0.2, 0.25) is 0 Å². The summed E-state index contributed by atoms with van der Waals surface area (Å²) in [5, 5.41) is 9.78. The van der Waals surface area contributed by atoms with E-state index >= 15 is 0 Å². The fourth-order valence-electron chi connectivity index (χ4n) is 3.69. The van der Waals surface area contributed by atoms with E-state index in [1.54, 1.807) is 49.7 Å². The van der Waals surface area contributed by atoms with Crippen LogP contribution in [-0.2, 0) is 16.5 Å². The van der Waals surface area contributed by atoms with Crippen LogP contribution in [0.5, 0.6) is 0 Å². The second-order valence-corrected chi connectivity index (χ2v) is 7.71. The molecule has 7 heteroatoms. The molecule has 0 radical (unpaired) electrons. The number of amidine groups is 1. The summed E-state index contributed by atoms with van der Waals surface area (Å²) in [6.07, 6.45) is 19.0. The van der Waals surface area contributed by atoms with Crippen molar-refractivity contribution in [2.75, 3.05) is 26.8 Å². The van der Waals surface area contributed by atoms with Gasteiger partial charge in [0.15, 0.2) is 6.19 Å². The van der Waals surface area contributed by atoms with E-state index in [-0.39, 0.29) is 11.5 Å². The molecule has 0 aromatic carbocycles. The van der Waals surface area contributed by atoms with Gasteiger partial charge in [-0.25, -0.2) is 0 Å². The highest BCUT2D eigenvalue weighted by Crippen LogP contribution is 2.24. The van der Waals surface area contributed by atoms with Gasteiger partial charge in [-0.05, 0) is 25.0 Å². The molecule has 1 aromatic heterocycles. The van der Waals surface area contributed by atoms with E-state index < -0.39 is 0 Å². The molecule has 0 aliphatic carbocycles. The van der Waals surface area contributed by atoms with Crippen LogP contribution in [-0.4, -0.2) is 42.1 Å². The van der Waals surface area contributed by atoms with Gasteiger partial charge in [-0.2, -0.15) is 5.26 Å². The zero-order chi connectivity index (χ0) is 24.8. The Kier molecular flexibility index (Phi) is 11.4. The number of nitrogens with zero attached hydrogens (tertiary/aromatic N) is 4. The largest absolute Gasteiger partial charge is 0.469 e. The third kappa shape index (κ3) is 7.75. The topological polar surface area (TPSA) is 79.8 Å². The number of aromatic nitrogens is 1. The number of allylic oxidation sites excluding steroid dienone is 7. The molecule has 1 aliphatic heterocycles. The molecule has 0 N–H and O–H groups in total. The summed E-state index contributed by atoms with van der Waals surface area (Å²) >= 11 is 0. The minimum absolute atomic E-state index is 0.0866. The van der Waals surface area contributed by atoms with E-state index in [2.05, 4.69) is 17.8 Å². The number of aliphatic imine (C=N–C) groups is 1. The van der Waals surface area contributed by atoms with Crippen LogP contribution in [0.4, 0.5) is 0 Å². The molecule has 0 bridgehead atoms. The molecule has 1 aliphatic rings. The number of ether oxygens (including phenoxy) is 2. The smallest absolute Gasteiger partial charge is 0.250 e. The molecule has 180 valence electrons. The Morgan fingerprint density at radius 3 is 2.74 bits per heavy atom. The maximum absolute atomic E-state index is 11.9. The second-order valence-electron chi connectivity index (χ2n) is 7.71. The molecule has 0 unspecified atom stereocenters. The van der Waals surface area contributed by atoms with Crippen molar-refractivity contribution in [2.45, 2.75) is 26.2 Å². The quantitative estimate of drug-likeness (QED) is 0.127. The summed E-state index contributed by atoms with van der Waals surface area (Å²) < 4.78 is 12.9. The normalized spacial score (nSPS) is 16.1. The highest BCUT2D eigenvalue weighted by molar-refractivity contribution is 5.86. The van der Waals surface area contributed by atoms with Crippen molar-refractivity contribution in [1.29, 1.82) is 5.26 Å².